The molecule has 2 N–H and O–H groups in total. The first-order valence-corrected chi connectivity index (χ1v) is 8.80. The third-order valence-corrected chi connectivity index (χ3v) is 4.56. The van der Waals surface area contributed by atoms with Crippen LogP contribution in [0.15, 0.2) is 54.7 Å². The zero-order valence-electron chi connectivity index (χ0n) is 15.3. The highest BCUT2D eigenvalue weighted by molar-refractivity contribution is 6.31. The van der Waals surface area contributed by atoms with Gasteiger partial charge in [-0.05, 0) is 49.2 Å². The van der Waals surface area contributed by atoms with Gasteiger partial charge in [0.1, 0.15) is 11.6 Å². The molecule has 27 heavy (non-hydrogen) atoms. The monoisotopic (exact) mass is 381 g/mol. The van der Waals surface area contributed by atoms with Crippen LogP contribution in [0.25, 0.3) is 0 Å². The van der Waals surface area contributed by atoms with Crippen LogP contribution >= 0.6 is 11.6 Å². The molecule has 0 atom stereocenters. The maximum Gasteiger partial charge on any atom is 0.255 e. The van der Waals surface area contributed by atoms with Crippen molar-refractivity contribution in [1.82, 2.24) is 4.98 Å². The van der Waals surface area contributed by atoms with E-state index in [4.69, 9.17) is 16.3 Å². The van der Waals surface area contributed by atoms with E-state index in [1.807, 2.05) is 38.1 Å². The van der Waals surface area contributed by atoms with Gasteiger partial charge >= 0.3 is 0 Å². The highest BCUT2D eigenvalue weighted by atomic mass is 35.5. The number of ether oxygens (including phenoxy) is 1. The number of aromatic nitrogens is 1. The van der Waals surface area contributed by atoms with Crippen LogP contribution < -0.4 is 15.4 Å². The lowest BCUT2D eigenvalue weighted by molar-refractivity contribution is 0.102. The average Bonchev–Trinajstić information content (AvgIpc) is 2.66. The summed E-state index contributed by atoms with van der Waals surface area (Å²) in [5, 5.41) is 6.70. The summed E-state index contributed by atoms with van der Waals surface area (Å²) in [7, 11) is 1.59. The number of carbonyl (C=O) groups excluding carboxylic acids is 1. The number of hydrogen-bond donors (Lipinski definition) is 2. The van der Waals surface area contributed by atoms with Crippen LogP contribution in [0.1, 0.15) is 21.5 Å². The fourth-order valence-corrected chi connectivity index (χ4v) is 2.79. The Morgan fingerprint density at radius 3 is 2.52 bits per heavy atom. The number of halogens is 1. The third kappa shape index (κ3) is 4.38. The molecule has 3 aromatic rings. The Kier molecular flexibility index (Phi) is 5.62. The Hall–Kier alpha value is -3.05. The second-order valence-electron chi connectivity index (χ2n) is 6.13. The summed E-state index contributed by atoms with van der Waals surface area (Å²) in [5.41, 5.74) is 3.88. The number of nitrogens with one attached hydrogen (secondary N) is 2. The summed E-state index contributed by atoms with van der Waals surface area (Å²) in [5.74, 6) is 1.10. The van der Waals surface area contributed by atoms with Crippen LogP contribution in [-0.4, -0.2) is 18.0 Å². The fourth-order valence-electron chi connectivity index (χ4n) is 2.64. The maximum atomic E-state index is 12.4. The topological polar surface area (TPSA) is 63.2 Å². The van der Waals surface area contributed by atoms with Crippen LogP contribution in [-0.2, 0) is 0 Å². The van der Waals surface area contributed by atoms with Gasteiger partial charge in [0.15, 0.2) is 0 Å². The predicted molar refractivity (Wildman–Crippen MR) is 109 cm³/mol. The number of benzene rings is 2. The molecule has 0 aliphatic heterocycles. The van der Waals surface area contributed by atoms with Crippen molar-refractivity contribution in [3.8, 4) is 5.75 Å². The quantitative estimate of drug-likeness (QED) is 0.624. The number of pyridine rings is 1. The van der Waals surface area contributed by atoms with E-state index in [0.717, 1.165) is 16.8 Å². The van der Waals surface area contributed by atoms with Gasteiger partial charge in [0.2, 0.25) is 0 Å². The van der Waals surface area contributed by atoms with Crippen molar-refractivity contribution in [2.24, 2.45) is 0 Å². The molecule has 1 amide bonds. The van der Waals surface area contributed by atoms with Crippen molar-refractivity contribution in [3.63, 3.8) is 0 Å². The van der Waals surface area contributed by atoms with Crippen molar-refractivity contribution >= 4 is 34.7 Å². The van der Waals surface area contributed by atoms with Crippen molar-refractivity contribution in [2.45, 2.75) is 13.8 Å². The fraction of sp³-hybridized carbons (Fsp3) is 0.143. The van der Waals surface area contributed by atoms with E-state index in [1.165, 1.54) is 0 Å². The molecule has 138 valence electrons. The van der Waals surface area contributed by atoms with E-state index < -0.39 is 0 Å². The summed E-state index contributed by atoms with van der Waals surface area (Å²) in [6, 6.07) is 14.7. The van der Waals surface area contributed by atoms with E-state index >= 15 is 0 Å². The molecule has 0 unspecified atom stereocenters. The zero-order chi connectivity index (χ0) is 19.4. The van der Waals surface area contributed by atoms with Gasteiger partial charge in [0.25, 0.3) is 5.91 Å². The number of carbonyl (C=O) groups is 1. The largest absolute Gasteiger partial charge is 0.495 e. The molecule has 6 heteroatoms. The molecule has 0 aliphatic rings. The minimum absolute atomic E-state index is 0.161. The molecule has 2 aromatic carbocycles. The number of hydrogen-bond acceptors (Lipinski definition) is 4. The van der Waals surface area contributed by atoms with Gasteiger partial charge in [-0.15, -0.1) is 0 Å². The van der Waals surface area contributed by atoms with Crippen LogP contribution in [0, 0.1) is 13.8 Å². The van der Waals surface area contributed by atoms with Gasteiger partial charge in [0.05, 0.1) is 24.7 Å². The van der Waals surface area contributed by atoms with Gasteiger partial charge in [-0.25, -0.2) is 4.98 Å². The van der Waals surface area contributed by atoms with Crippen molar-refractivity contribution in [1.29, 1.82) is 0 Å². The van der Waals surface area contributed by atoms with Crippen LogP contribution in [0.2, 0.25) is 5.02 Å². The molecule has 1 heterocycles. The SMILES string of the molecule is COc1cc(Cl)c(C)cc1Nc1ccc(NC(=O)c2ccccc2C)cn1. The molecule has 0 aliphatic carbocycles. The highest BCUT2D eigenvalue weighted by Crippen LogP contribution is 2.32. The third-order valence-electron chi connectivity index (χ3n) is 4.15. The lowest BCUT2D eigenvalue weighted by Gasteiger charge is -2.13. The molecule has 1 aromatic heterocycles. The lowest BCUT2D eigenvalue weighted by atomic mass is 10.1. The number of anilines is 3. The number of rotatable bonds is 5. The van der Waals surface area contributed by atoms with Crippen LogP contribution in [0.5, 0.6) is 5.75 Å². The minimum atomic E-state index is -0.161. The number of nitrogens with zero attached hydrogens (tertiary/aromatic N) is 1. The van der Waals surface area contributed by atoms with E-state index in [0.29, 0.717) is 27.8 Å². The average molecular weight is 382 g/mol. The van der Waals surface area contributed by atoms with Crippen molar-refractivity contribution in [2.75, 3.05) is 17.7 Å². The Balaban J connectivity index is 1.74. The van der Waals surface area contributed by atoms with Crippen LogP contribution in [0.3, 0.4) is 0 Å². The molecule has 5 nitrogen and oxygen atoms in total. The Morgan fingerprint density at radius 2 is 1.85 bits per heavy atom. The van der Waals surface area contributed by atoms with Crippen molar-refractivity contribution < 1.29 is 9.53 Å². The standard InChI is InChI=1S/C21H20ClN3O2/c1-13-6-4-5-7-16(13)21(26)24-15-8-9-20(23-12-15)25-18-10-14(2)17(22)11-19(18)27-3/h4-12H,1-3H3,(H,23,25)(H,24,26). The maximum absolute atomic E-state index is 12.4. The Bertz CT molecular complexity index is 972. The molecule has 3 rings (SSSR count). The van der Waals surface area contributed by atoms with Gasteiger partial charge in [0, 0.05) is 16.7 Å². The molecule has 0 saturated heterocycles. The number of aryl methyl sites for hydroxylation is 2. The summed E-state index contributed by atoms with van der Waals surface area (Å²) in [6.45, 7) is 3.83. The lowest BCUT2D eigenvalue weighted by Crippen LogP contribution is -2.13. The van der Waals surface area contributed by atoms with Crippen molar-refractivity contribution in [3.05, 3.63) is 76.4 Å². The second-order valence-corrected chi connectivity index (χ2v) is 6.54. The number of methoxy groups -OCH3 is 1. The van der Waals surface area contributed by atoms with E-state index in [9.17, 15) is 4.79 Å². The smallest absolute Gasteiger partial charge is 0.255 e. The Morgan fingerprint density at radius 1 is 1.07 bits per heavy atom. The summed E-state index contributed by atoms with van der Waals surface area (Å²) in [6.07, 6.45) is 1.60. The molecule has 0 saturated carbocycles. The van der Waals surface area contributed by atoms with E-state index in [1.54, 1.807) is 37.6 Å². The summed E-state index contributed by atoms with van der Waals surface area (Å²) >= 11 is 6.13. The highest BCUT2D eigenvalue weighted by Gasteiger charge is 2.10. The summed E-state index contributed by atoms with van der Waals surface area (Å²) in [4.78, 5) is 16.7. The van der Waals surface area contributed by atoms with Gasteiger partial charge in [-0.2, -0.15) is 0 Å². The van der Waals surface area contributed by atoms with Gasteiger partial charge in [-0.3, -0.25) is 4.79 Å². The predicted octanol–water partition coefficient (Wildman–Crippen LogP) is 5.36. The first-order chi connectivity index (χ1) is 13.0. The summed E-state index contributed by atoms with van der Waals surface area (Å²) < 4.78 is 5.36. The minimum Gasteiger partial charge on any atom is -0.495 e. The zero-order valence-corrected chi connectivity index (χ0v) is 16.1. The van der Waals surface area contributed by atoms with E-state index in [-0.39, 0.29) is 5.91 Å². The normalized spacial score (nSPS) is 10.4. The molecule has 0 fully saturated rings. The van der Waals surface area contributed by atoms with Gasteiger partial charge < -0.3 is 15.4 Å². The molecule has 0 radical (unpaired) electrons. The van der Waals surface area contributed by atoms with Gasteiger partial charge in [-0.1, -0.05) is 29.8 Å². The first-order valence-electron chi connectivity index (χ1n) is 8.42. The second kappa shape index (κ2) is 8.10. The Labute approximate surface area is 163 Å². The molecule has 0 spiro atoms. The number of amides is 1. The first kappa shape index (κ1) is 18.7. The van der Waals surface area contributed by atoms with E-state index in [2.05, 4.69) is 15.6 Å². The molecular formula is C21H20ClN3O2. The van der Waals surface area contributed by atoms with Crippen LogP contribution in [0.4, 0.5) is 17.2 Å². The molecular weight excluding hydrogens is 362 g/mol. The molecule has 0 bridgehead atoms.